The summed E-state index contributed by atoms with van der Waals surface area (Å²) in [6.45, 7) is 0. The second-order valence-electron chi connectivity index (χ2n) is 33.4. The first-order valence-electron chi connectivity index (χ1n) is 42.2. The molecule has 1 spiro atoms. The molecule has 0 saturated carbocycles. The molecule has 2 atom stereocenters. The summed E-state index contributed by atoms with van der Waals surface area (Å²) in [4.78, 5) is 5.02. The van der Waals surface area contributed by atoms with Gasteiger partial charge in [0.1, 0.15) is 45.3 Å². The van der Waals surface area contributed by atoms with Crippen LogP contribution in [0.15, 0.2) is 409 Å². The fourth-order valence-corrected chi connectivity index (χ4v) is 22.0. The molecule has 0 aliphatic heterocycles. The summed E-state index contributed by atoms with van der Waals surface area (Å²) in [6, 6.07) is 149. The third-order valence-electron chi connectivity index (χ3n) is 27.5. The number of rotatable bonds is 14. The fourth-order valence-electron chi connectivity index (χ4n) is 22.0. The Morgan fingerprint density at radius 1 is 0.190 bits per heavy atom. The van der Waals surface area contributed by atoms with Gasteiger partial charge in [0.15, 0.2) is 0 Å². The van der Waals surface area contributed by atoms with E-state index in [0.717, 1.165) is 138 Å². The van der Waals surface area contributed by atoms with E-state index in [0.29, 0.717) is 0 Å². The minimum Gasteiger partial charge on any atom is -0.457 e. The van der Waals surface area contributed by atoms with Crippen molar-refractivity contribution in [2.24, 2.45) is 0 Å². The van der Waals surface area contributed by atoms with Crippen molar-refractivity contribution in [3.05, 3.63) is 489 Å². The first-order valence-corrected chi connectivity index (χ1v) is 42.2. The van der Waals surface area contributed by atoms with E-state index in [2.05, 4.69) is 410 Å². The molecule has 121 heavy (non-hydrogen) atoms. The van der Waals surface area contributed by atoms with Gasteiger partial charge < -0.3 is 28.1 Å². The highest BCUT2D eigenvalue weighted by Gasteiger charge is 2.54. The number of fused-ring (bicyclic) bond motifs is 24. The number of aryl methyl sites for hydroxylation is 4. The summed E-state index contributed by atoms with van der Waals surface area (Å²) in [5, 5.41) is 4.23. The van der Waals surface area contributed by atoms with Gasteiger partial charge in [0.2, 0.25) is 0 Å². The first kappa shape index (κ1) is 67.9. The van der Waals surface area contributed by atoms with Crippen LogP contribution in [0.3, 0.4) is 0 Å². The maximum atomic E-state index is 6.70. The molecule has 20 aromatic rings. The highest BCUT2D eigenvalue weighted by atomic mass is 16.5. The summed E-state index contributed by atoms with van der Waals surface area (Å²) in [6.07, 6.45) is 4.43. The van der Waals surface area contributed by atoms with E-state index in [1.807, 2.05) is 0 Å². The van der Waals surface area contributed by atoms with Gasteiger partial charge in [-0.15, -0.1) is 0 Å². The van der Waals surface area contributed by atoms with Crippen LogP contribution in [0.2, 0.25) is 0 Å². The number of benzene rings is 18. The maximum absolute atomic E-state index is 6.70. The molecule has 0 amide bonds. The van der Waals surface area contributed by atoms with Crippen molar-refractivity contribution >= 4 is 78.0 Å². The van der Waals surface area contributed by atoms with Gasteiger partial charge in [-0.05, 0) is 305 Å². The third kappa shape index (κ3) is 9.75. The zero-order valence-corrected chi connectivity index (χ0v) is 66.0. The molecule has 26 rings (SSSR count). The van der Waals surface area contributed by atoms with Crippen LogP contribution < -0.4 is 19.3 Å². The molecule has 6 heteroatoms. The third-order valence-corrected chi connectivity index (χ3v) is 27.5. The Hall–Kier alpha value is -15.2. The van der Waals surface area contributed by atoms with Crippen molar-refractivity contribution in [3.8, 4) is 67.5 Å². The van der Waals surface area contributed by atoms with Gasteiger partial charge in [0.25, 0.3) is 0 Å². The van der Waals surface area contributed by atoms with Crippen molar-refractivity contribution in [2.45, 2.75) is 41.9 Å². The van der Waals surface area contributed by atoms with Crippen molar-refractivity contribution in [1.29, 1.82) is 0 Å². The van der Waals surface area contributed by atoms with Gasteiger partial charge in [0, 0.05) is 55.7 Å². The molecular formula is C115H74N2O4. The molecule has 6 nitrogen and oxygen atoms in total. The number of furan rings is 2. The molecule has 0 saturated heterocycles. The molecule has 6 aliphatic carbocycles. The summed E-state index contributed by atoms with van der Waals surface area (Å²) in [7, 11) is 0. The number of ether oxygens (including phenoxy) is 2. The Labute approximate surface area is 700 Å². The molecule has 0 fully saturated rings. The molecule has 0 radical (unpaired) electrons. The van der Waals surface area contributed by atoms with E-state index in [1.54, 1.807) is 0 Å². The lowest BCUT2D eigenvalue weighted by atomic mass is 9.67. The SMILES string of the molecule is c1ccc(C2(c3ccc(Oc4ccc5c(c4)CC5)cc3)c3ccccc3-c3ccc(N(c4ccc5c(c4)C4(c6ccccc6-5)c5ccccc5-c5ccc(N(c6ccc7c(c6)C(c6ccccc6)(c6ccc(Oc8ccc9c(c8)CC9)cc6)c6ccccc6-7)c6ccc7oc8ccccc8c7c6)cc54)c4ccc5oc6ccccc6c5c4)cc32)cc1. The van der Waals surface area contributed by atoms with E-state index in [-0.39, 0.29) is 0 Å². The van der Waals surface area contributed by atoms with Crippen LogP contribution in [-0.2, 0) is 41.9 Å². The summed E-state index contributed by atoms with van der Waals surface area (Å²) in [5.41, 5.74) is 36.8. The first-order chi connectivity index (χ1) is 59.9. The standard InChI is InChI=1S/C115H74N2O4/c1-3-19-75(20-4-1)113(77-41-53-85(54-42-77)118-87-51-39-71-35-37-73(71)63-87)101-29-13-7-23-89(101)93-57-45-81(67-105(93)113)116(79-49-61-111-99(65-79)97-27-11-17-33-109(97)120-111)83-47-59-95-91-25-9-15-31-103(91)115(107(95)69-83)104-32-16-10-26-92(104)96-60-48-84(70-108(96)115)117(80-50-62-112-100(66-80)98-28-12-18-34-110(98)121-112)82-46-58-94-90-24-8-14-30-102(90)114(106(94)68-82,76-21-5-2-6-22-76)78-43-55-86(56-44-78)119-88-52-40-72-36-38-74(72)64-88/h1-34,39-70H,35-38H2. The van der Waals surface area contributed by atoms with Crippen LogP contribution in [-0.4, -0.2) is 0 Å². The van der Waals surface area contributed by atoms with Crippen molar-refractivity contribution in [1.82, 2.24) is 0 Å². The quantitative estimate of drug-likeness (QED) is 0.108. The predicted octanol–water partition coefficient (Wildman–Crippen LogP) is 29.3. The minimum absolute atomic E-state index is 0.737. The summed E-state index contributed by atoms with van der Waals surface area (Å²) >= 11 is 0. The molecule has 2 unspecified atom stereocenters. The largest absolute Gasteiger partial charge is 0.457 e. The molecule has 6 aliphatic rings. The second kappa shape index (κ2) is 25.9. The second-order valence-corrected chi connectivity index (χ2v) is 33.4. The lowest BCUT2D eigenvalue weighted by Crippen LogP contribution is -2.29. The topological polar surface area (TPSA) is 51.2 Å². The average molecular weight is 1550 g/mol. The Bertz CT molecular complexity index is 7290. The smallest absolute Gasteiger partial charge is 0.135 e. The molecule has 18 aromatic carbocycles. The molecule has 2 aromatic heterocycles. The molecule has 2 heterocycles. The average Bonchev–Trinajstić information content (AvgIpc) is 1.50. The Balaban J connectivity index is 0.677. The van der Waals surface area contributed by atoms with Gasteiger partial charge in [-0.1, -0.05) is 255 Å². The molecule has 0 bridgehead atoms. The lowest BCUT2D eigenvalue weighted by Gasteiger charge is -2.35. The molecule has 568 valence electrons. The zero-order chi connectivity index (χ0) is 79.2. The summed E-state index contributed by atoms with van der Waals surface area (Å²) in [5.74, 6) is 3.33. The van der Waals surface area contributed by atoms with Crippen molar-refractivity contribution < 1.29 is 18.3 Å². The van der Waals surface area contributed by atoms with Crippen LogP contribution in [0.1, 0.15) is 89.0 Å². The van der Waals surface area contributed by atoms with E-state index in [9.17, 15) is 0 Å². The van der Waals surface area contributed by atoms with Crippen LogP contribution in [0, 0.1) is 0 Å². The van der Waals surface area contributed by atoms with E-state index in [1.165, 1.54) is 122 Å². The highest BCUT2D eigenvalue weighted by Crippen LogP contribution is 2.66. The molecule has 0 N–H and O–H groups in total. The normalized spacial score (nSPS) is 16.7. The van der Waals surface area contributed by atoms with Gasteiger partial charge in [0.05, 0.1) is 16.2 Å². The maximum Gasteiger partial charge on any atom is 0.135 e. The fraction of sp³-hybridized carbons (Fsp3) is 0.0609. The van der Waals surface area contributed by atoms with Crippen molar-refractivity contribution in [3.63, 3.8) is 0 Å². The Morgan fingerprint density at radius 2 is 0.471 bits per heavy atom. The number of anilines is 6. The van der Waals surface area contributed by atoms with Gasteiger partial charge in [-0.25, -0.2) is 0 Å². The Kier molecular flexibility index (Phi) is 14.5. The number of para-hydroxylation sites is 2. The van der Waals surface area contributed by atoms with Crippen LogP contribution in [0.4, 0.5) is 34.1 Å². The highest BCUT2D eigenvalue weighted by molar-refractivity contribution is 6.09. The van der Waals surface area contributed by atoms with Gasteiger partial charge in [-0.3, -0.25) is 0 Å². The predicted molar refractivity (Wildman–Crippen MR) is 489 cm³/mol. The Morgan fingerprint density at radius 3 is 0.835 bits per heavy atom. The summed E-state index contributed by atoms with van der Waals surface area (Å²) < 4.78 is 26.8. The van der Waals surface area contributed by atoms with E-state index < -0.39 is 16.2 Å². The number of hydrogen-bond acceptors (Lipinski definition) is 6. The van der Waals surface area contributed by atoms with Crippen molar-refractivity contribution in [2.75, 3.05) is 9.80 Å². The van der Waals surface area contributed by atoms with Crippen LogP contribution >= 0.6 is 0 Å². The van der Waals surface area contributed by atoms with E-state index >= 15 is 0 Å². The minimum atomic E-state index is -0.811. The van der Waals surface area contributed by atoms with Gasteiger partial charge >= 0.3 is 0 Å². The molecular weight excluding hydrogens is 1470 g/mol. The number of nitrogens with zero attached hydrogens (tertiary/aromatic N) is 2. The zero-order valence-electron chi connectivity index (χ0n) is 66.0. The van der Waals surface area contributed by atoms with Crippen LogP contribution in [0.25, 0.3) is 88.4 Å². The lowest BCUT2D eigenvalue weighted by molar-refractivity contribution is 0.480. The monoisotopic (exact) mass is 1550 g/mol. The van der Waals surface area contributed by atoms with Gasteiger partial charge in [-0.2, -0.15) is 0 Å². The number of hydrogen-bond donors (Lipinski definition) is 0. The van der Waals surface area contributed by atoms with Crippen LogP contribution in [0.5, 0.6) is 23.0 Å². The van der Waals surface area contributed by atoms with E-state index in [4.69, 9.17) is 18.3 Å².